The first kappa shape index (κ1) is 19.3. The fourth-order valence-corrected chi connectivity index (χ4v) is 2.43. The summed E-state index contributed by atoms with van der Waals surface area (Å²) in [6, 6.07) is 10.6. The highest BCUT2D eigenvalue weighted by Crippen LogP contribution is 2.21. The van der Waals surface area contributed by atoms with Crippen LogP contribution in [0.4, 0.5) is 52.9 Å². The molecule has 0 aliphatic carbocycles. The van der Waals surface area contributed by atoms with Crippen LogP contribution in [0.15, 0.2) is 45.8 Å². The number of aromatic nitrogens is 6. The summed E-state index contributed by atoms with van der Waals surface area (Å²) in [6.07, 6.45) is 1.57. The van der Waals surface area contributed by atoms with Crippen molar-refractivity contribution in [3.05, 3.63) is 42.2 Å². The molecule has 156 valence electrons. The average molecular weight is 419 g/mol. The normalized spacial score (nSPS) is 11.0. The van der Waals surface area contributed by atoms with E-state index < -0.39 is 0 Å². The van der Waals surface area contributed by atoms with E-state index in [1.165, 1.54) is 0 Å². The van der Waals surface area contributed by atoms with Crippen LogP contribution in [0.25, 0.3) is 0 Å². The van der Waals surface area contributed by atoms with Gasteiger partial charge in [-0.2, -0.15) is 29.9 Å². The Labute approximate surface area is 174 Å². The number of benzene rings is 1. The summed E-state index contributed by atoms with van der Waals surface area (Å²) in [6.45, 7) is 0. The van der Waals surface area contributed by atoms with Crippen LogP contribution in [0.5, 0.6) is 0 Å². The summed E-state index contributed by atoms with van der Waals surface area (Å²) < 4.78 is 5.61. The molecule has 0 unspecified atom stereocenters. The van der Waals surface area contributed by atoms with Crippen molar-refractivity contribution in [2.45, 2.75) is 0 Å². The Morgan fingerprint density at radius 3 is 1.81 bits per heavy atom. The van der Waals surface area contributed by atoms with Gasteiger partial charge in [-0.1, -0.05) is 0 Å². The average Bonchev–Trinajstić information content (AvgIpc) is 3.13. The molecule has 0 atom stereocenters. The molecule has 3 aromatic heterocycles. The minimum Gasteiger partial charge on any atom is -0.439 e. The standard InChI is InChI=1S/C17H17N13O/c18-12-25-13(19)28-16(27-12)23-9-3-1-8(2-4-9)22-7-10-5-6-11(31-10)24-17-29-14(20)26-15(21)30-17/h1-7H,(H5,18,19,23,25,27,28)(H5,20,21,24,26,29,30). The smallest absolute Gasteiger partial charge is 0.236 e. The first-order valence-corrected chi connectivity index (χ1v) is 8.75. The number of furan rings is 1. The number of hydrogen-bond acceptors (Lipinski definition) is 14. The van der Waals surface area contributed by atoms with Crippen LogP contribution in [0.3, 0.4) is 0 Å². The molecule has 0 saturated heterocycles. The molecule has 31 heavy (non-hydrogen) atoms. The number of nitrogens with two attached hydrogens (primary N) is 4. The van der Waals surface area contributed by atoms with Crippen molar-refractivity contribution >= 4 is 59.2 Å². The summed E-state index contributed by atoms with van der Waals surface area (Å²) in [5.41, 5.74) is 23.6. The van der Waals surface area contributed by atoms with E-state index in [2.05, 4.69) is 45.5 Å². The van der Waals surface area contributed by atoms with Crippen LogP contribution >= 0.6 is 0 Å². The van der Waals surface area contributed by atoms with Gasteiger partial charge >= 0.3 is 0 Å². The van der Waals surface area contributed by atoms with Crippen LogP contribution in [0, 0.1) is 0 Å². The fraction of sp³-hybridized carbons (Fsp3) is 0. The molecular formula is C17H17N13O. The number of aliphatic imine (C=N–C) groups is 1. The quantitative estimate of drug-likeness (QED) is 0.241. The van der Waals surface area contributed by atoms with Crippen molar-refractivity contribution in [2.75, 3.05) is 33.6 Å². The monoisotopic (exact) mass is 419 g/mol. The molecule has 0 bridgehead atoms. The lowest BCUT2D eigenvalue weighted by Gasteiger charge is -2.05. The zero-order valence-corrected chi connectivity index (χ0v) is 15.9. The first-order chi connectivity index (χ1) is 14.9. The van der Waals surface area contributed by atoms with E-state index >= 15 is 0 Å². The zero-order chi connectivity index (χ0) is 21.8. The van der Waals surface area contributed by atoms with Gasteiger partial charge in [-0.05, 0) is 30.3 Å². The molecule has 10 N–H and O–H groups in total. The van der Waals surface area contributed by atoms with Gasteiger partial charge in [-0.3, -0.25) is 10.3 Å². The van der Waals surface area contributed by atoms with Crippen LogP contribution in [-0.4, -0.2) is 36.1 Å². The highest BCUT2D eigenvalue weighted by atomic mass is 16.4. The Morgan fingerprint density at radius 2 is 1.23 bits per heavy atom. The molecular weight excluding hydrogens is 402 g/mol. The molecule has 4 rings (SSSR count). The van der Waals surface area contributed by atoms with Gasteiger partial charge in [0.25, 0.3) is 0 Å². The lowest BCUT2D eigenvalue weighted by Crippen LogP contribution is -2.06. The van der Waals surface area contributed by atoms with Crippen molar-refractivity contribution in [2.24, 2.45) is 4.99 Å². The second-order valence-electron chi connectivity index (χ2n) is 6.01. The predicted octanol–water partition coefficient (Wildman–Crippen LogP) is 1.22. The maximum absolute atomic E-state index is 5.61. The van der Waals surface area contributed by atoms with Crippen molar-refractivity contribution in [3.8, 4) is 0 Å². The summed E-state index contributed by atoms with van der Waals surface area (Å²) in [7, 11) is 0. The van der Waals surface area contributed by atoms with Crippen molar-refractivity contribution in [1.82, 2.24) is 29.9 Å². The number of nitrogens with one attached hydrogen (secondary N) is 2. The first-order valence-electron chi connectivity index (χ1n) is 8.75. The molecule has 0 saturated carbocycles. The van der Waals surface area contributed by atoms with Crippen molar-refractivity contribution in [3.63, 3.8) is 0 Å². The van der Waals surface area contributed by atoms with Crippen LogP contribution in [0.2, 0.25) is 0 Å². The molecule has 0 amide bonds. The molecule has 0 fully saturated rings. The Bertz CT molecular complexity index is 1190. The van der Waals surface area contributed by atoms with E-state index in [1.54, 1.807) is 42.6 Å². The van der Waals surface area contributed by atoms with Gasteiger partial charge in [0.2, 0.25) is 35.7 Å². The zero-order valence-electron chi connectivity index (χ0n) is 15.9. The minimum absolute atomic E-state index is 0.00343. The van der Waals surface area contributed by atoms with Gasteiger partial charge in [0.05, 0.1) is 11.9 Å². The van der Waals surface area contributed by atoms with Crippen LogP contribution in [0.1, 0.15) is 5.76 Å². The summed E-state index contributed by atoms with van der Waals surface area (Å²) in [5, 5.41) is 5.84. The molecule has 14 heteroatoms. The molecule has 1 aromatic carbocycles. The van der Waals surface area contributed by atoms with E-state index in [4.69, 9.17) is 27.4 Å². The van der Waals surface area contributed by atoms with Gasteiger partial charge in [-0.25, -0.2) is 0 Å². The fourth-order valence-electron chi connectivity index (χ4n) is 2.43. The van der Waals surface area contributed by atoms with Gasteiger partial charge in [0.1, 0.15) is 5.76 Å². The van der Waals surface area contributed by atoms with Gasteiger partial charge in [0.15, 0.2) is 5.88 Å². The molecule has 0 aliphatic heterocycles. The number of hydrogen-bond donors (Lipinski definition) is 6. The maximum Gasteiger partial charge on any atom is 0.236 e. The molecule has 0 radical (unpaired) electrons. The Morgan fingerprint density at radius 1 is 0.677 bits per heavy atom. The Hall–Kier alpha value is -5.01. The highest BCUT2D eigenvalue weighted by molar-refractivity contribution is 5.79. The lowest BCUT2D eigenvalue weighted by atomic mass is 10.3. The van der Waals surface area contributed by atoms with Gasteiger partial charge < -0.3 is 32.7 Å². The highest BCUT2D eigenvalue weighted by Gasteiger charge is 2.06. The molecule has 4 aromatic rings. The largest absolute Gasteiger partial charge is 0.439 e. The topological polar surface area (TPSA) is 231 Å². The van der Waals surface area contributed by atoms with Gasteiger partial charge in [0, 0.05) is 11.8 Å². The SMILES string of the molecule is Nc1nc(N)nc(Nc2ccc(N=Cc3ccc(Nc4nc(N)nc(N)n4)o3)cc2)n1. The number of anilines is 8. The third-order valence-electron chi connectivity index (χ3n) is 3.67. The predicted molar refractivity (Wildman–Crippen MR) is 116 cm³/mol. The third kappa shape index (κ3) is 5.08. The lowest BCUT2D eigenvalue weighted by molar-refractivity contribution is 0.577. The van der Waals surface area contributed by atoms with Crippen molar-refractivity contribution in [1.29, 1.82) is 0 Å². The number of nitrogen functional groups attached to an aromatic ring is 4. The molecule has 14 nitrogen and oxygen atoms in total. The Kier molecular flexibility index (Phi) is 5.08. The summed E-state index contributed by atoms with van der Waals surface area (Å²) in [5.74, 6) is 1.40. The van der Waals surface area contributed by atoms with Crippen LogP contribution in [-0.2, 0) is 0 Å². The molecule has 3 heterocycles. The number of rotatable bonds is 6. The van der Waals surface area contributed by atoms with E-state index in [-0.39, 0.29) is 35.7 Å². The summed E-state index contributed by atoms with van der Waals surface area (Å²) >= 11 is 0. The van der Waals surface area contributed by atoms with Gasteiger partial charge in [-0.15, -0.1) is 0 Å². The Balaban J connectivity index is 1.39. The summed E-state index contributed by atoms with van der Waals surface area (Å²) in [4.78, 5) is 27.5. The molecule has 0 aliphatic rings. The molecule has 0 spiro atoms. The van der Waals surface area contributed by atoms with Crippen LogP contribution < -0.4 is 33.6 Å². The van der Waals surface area contributed by atoms with E-state index in [9.17, 15) is 0 Å². The number of nitrogens with zero attached hydrogens (tertiary/aromatic N) is 7. The van der Waals surface area contributed by atoms with Crippen molar-refractivity contribution < 1.29 is 4.42 Å². The van der Waals surface area contributed by atoms with E-state index in [0.29, 0.717) is 17.3 Å². The maximum atomic E-state index is 5.61. The third-order valence-corrected chi connectivity index (χ3v) is 3.67. The second kappa shape index (κ2) is 8.16. The minimum atomic E-state index is 0.00343. The second-order valence-corrected chi connectivity index (χ2v) is 6.01. The van der Waals surface area contributed by atoms with E-state index in [0.717, 1.165) is 5.69 Å². The van der Waals surface area contributed by atoms with E-state index in [1.807, 2.05) is 0 Å².